The van der Waals surface area contributed by atoms with Gasteiger partial charge in [0.2, 0.25) is 5.91 Å². The first-order valence-electron chi connectivity index (χ1n) is 7.78. The summed E-state index contributed by atoms with van der Waals surface area (Å²) in [6.07, 6.45) is 5.77. The zero-order valence-corrected chi connectivity index (χ0v) is 13.6. The van der Waals surface area contributed by atoms with Crippen LogP contribution >= 0.6 is 11.3 Å². The Morgan fingerprint density at radius 2 is 2.10 bits per heavy atom. The van der Waals surface area contributed by atoms with Crippen LogP contribution in [0, 0.1) is 0 Å². The molecular formula is C16H26N2OS. The van der Waals surface area contributed by atoms with Gasteiger partial charge in [-0.05, 0) is 50.7 Å². The van der Waals surface area contributed by atoms with E-state index in [0.717, 1.165) is 19.4 Å². The fraction of sp³-hybridized carbons (Fsp3) is 0.688. The molecule has 1 atom stereocenters. The van der Waals surface area contributed by atoms with E-state index in [2.05, 4.69) is 30.5 Å². The number of carbonyl (C=O) groups is 1. The summed E-state index contributed by atoms with van der Waals surface area (Å²) in [5, 5.41) is 6.43. The molecule has 0 spiro atoms. The molecule has 1 aliphatic carbocycles. The molecule has 0 fully saturated rings. The van der Waals surface area contributed by atoms with Crippen LogP contribution in [0.3, 0.4) is 0 Å². The van der Waals surface area contributed by atoms with Crippen molar-refractivity contribution >= 4 is 17.2 Å². The van der Waals surface area contributed by atoms with Gasteiger partial charge in [-0.3, -0.25) is 4.79 Å². The van der Waals surface area contributed by atoms with Gasteiger partial charge in [-0.1, -0.05) is 13.8 Å². The van der Waals surface area contributed by atoms with Crippen LogP contribution in [0.5, 0.6) is 0 Å². The summed E-state index contributed by atoms with van der Waals surface area (Å²) in [5.74, 6) is 0.114. The maximum absolute atomic E-state index is 12.1. The van der Waals surface area contributed by atoms with Crippen LogP contribution in [0.2, 0.25) is 0 Å². The highest BCUT2D eigenvalue weighted by Crippen LogP contribution is 2.30. The predicted molar refractivity (Wildman–Crippen MR) is 85.2 cm³/mol. The monoisotopic (exact) mass is 294 g/mol. The Hall–Kier alpha value is -0.870. The lowest BCUT2D eigenvalue weighted by molar-refractivity contribution is -0.123. The second-order valence-corrected chi connectivity index (χ2v) is 6.86. The molecule has 3 nitrogen and oxygen atoms in total. The summed E-state index contributed by atoms with van der Waals surface area (Å²) >= 11 is 1.90. The summed E-state index contributed by atoms with van der Waals surface area (Å²) in [7, 11) is 0. The van der Waals surface area contributed by atoms with E-state index in [9.17, 15) is 4.79 Å². The van der Waals surface area contributed by atoms with E-state index in [1.54, 1.807) is 4.88 Å². The normalized spacial score (nSPS) is 15.4. The third-order valence-corrected chi connectivity index (χ3v) is 5.34. The number of fused-ring (bicyclic) bond motifs is 1. The molecule has 0 bridgehead atoms. The van der Waals surface area contributed by atoms with Gasteiger partial charge in [-0.15, -0.1) is 11.3 Å². The minimum absolute atomic E-state index is 0.114. The van der Waals surface area contributed by atoms with E-state index in [1.807, 2.05) is 18.3 Å². The third kappa shape index (κ3) is 3.83. The van der Waals surface area contributed by atoms with Crippen molar-refractivity contribution in [3.05, 3.63) is 21.4 Å². The van der Waals surface area contributed by atoms with Crippen molar-refractivity contribution in [2.24, 2.45) is 0 Å². The van der Waals surface area contributed by atoms with Gasteiger partial charge in [0.15, 0.2) is 0 Å². The van der Waals surface area contributed by atoms with Gasteiger partial charge in [0, 0.05) is 22.3 Å². The second-order valence-electron chi connectivity index (χ2n) is 5.64. The highest BCUT2D eigenvalue weighted by Gasteiger charge is 2.17. The molecular weight excluding hydrogens is 268 g/mol. The number of thiophene rings is 1. The first-order chi connectivity index (χ1) is 9.63. The first kappa shape index (κ1) is 15.5. The van der Waals surface area contributed by atoms with Crippen molar-refractivity contribution in [2.75, 3.05) is 0 Å². The first-order valence-corrected chi connectivity index (χ1v) is 8.59. The van der Waals surface area contributed by atoms with Crippen LogP contribution in [-0.2, 0) is 24.2 Å². The zero-order valence-electron chi connectivity index (χ0n) is 12.8. The topological polar surface area (TPSA) is 41.1 Å². The van der Waals surface area contributed by atoms with Crippen LogP contribution in [0.4, 0.5) is 0 Å². The molecule has 1 aromatic heterocycles. The molecule has 4 heteroatoms. The Morgan fingerprint density at radius 3 is 2.75 bits per heavy atom. The van der Waals surface area contributed by atoms with Crippen molar-refractivity contribution in [3.8, 4) is 0 Å². The molecule has 1 aliphatic rings. The maximum atomic E-state index is 12.1. The molecule has 2 N–H and O–H groups in total. The van der Waals surface area contributed by atoms with Gasteiger partial charge in [0.1, 0.15) is 0 Å². The van der Waals surface area contributed by atoms with E-state index >= 15 is 0 Å². The Morgan fingerprint density at radius 1 is 1.35 bits per heavy atom. The second kappa shape index (κ2) is 7.23. The van der Waals surface area contributed by atoms with E-state index in [1.165, 1.54) is 29.7 Å². The summed E-state index contributed by atoms with van der Waals surface area (Å²) in [4.78, 5) is 15.0. The SMILES string of the molecule is CCC(CC)NC(=O)C(C)NCc1cc2c(s1)CCC2. The highest BCUT2D eigenvalue weighted by atomic mass is 32.1. The average Bonchev–Trinajstić information content (AvgIpc) is 3.02. The summed E-state index contributed by atoms with van der Waals surface area (Å²) < 4.78 is 0. The van der Waals surface area contributed by atoms with Crippen molar-refractivity contribution in [1.29, 1.82) is 0 Å². The largest absolute Gasteiger partial charge is 0.352 e. The molecule has 112 valence electrons. The number of rotatable bonds is 7. The number of hydrogen-bond acceptors (Lipinski definition) is 3. The molecule has 2 rings (SSSR count). The quantitative estimate of drug-likeness (QED) is 0.811. The Balaban J connectivity index is 1.79. The van der Waals surface area contributed by atoms with Crippen molar-refractivity contribution < 1.29 is 4.79 Å². The number of carbonyl (C=O) groups excluding carboxylic acids is 1. The molecule has 1 amide bonds. The molecule has 1 aromatic rings. The maximum Gasteiger partial charge on any atom is 0.237 e. The number of aryl methyl sites for hydroxylation is 2. The van der Waals surface area contributed by atoms with Crippen LogP contribution in [-0.4, -0.2) is 18.0 Å². The standard InChI is InChI=1S/C16H26N2OS/c1-4-13(5-2)18-16(19)11(3)17-10-14-9-12-7-6-8-15(12)20-14/h9,11,13,17H,4-8,10H2,1-3H3,(H,18,19). The molecule has 0 saturated heterocycles. The molecule has 20 heavy (non-hydrogen) atoms. The lowest BCUT2D eigenvalue weighted by atomic mass is 10.1. The van der Waals surface area contributed by atoms with E-state index < -0.39 is 0 Å². The molecule has 0 radical (unpaired) electrons. The van der Waals surface area contributed by atoms with Gasteiger partial charge in [-0.25, -0.2) is 0 Å². The Kier molecular flexibility index (Phi) is 5.61. The van der Waals surface area contributed by atoms with E-state index in [0.29, 0.717) is 6.04 Å². The van der Waals surface area contributed by atoms with Crippen molar-refractivity contribution in [1.82, 2.24) is 10.6 Å². The zero-order chi connectivity index (χ0) is 14.5. The lowest BCUT2D eigenvalue weighted by Gasteiger charge is -2.19. The number of amides is 1. The third-order valence-electron chi connectivity index (χ3n) is 4.11. The smallest absolute Gasteiger partial charge is 0.237 e. The molecule has 0 aliphatic heterocycles. The molecule has 1 heterocycles. The fourth-order valence-corrected chi connectivity index (χ4v) is 3.85. The lowest BCUT2D eigenvalue weighted by Crippen LogP contribution is -2.45. The van der Waals surface area contributed by atoms with E-state index in [-0.39, 0.29) is 11.9 Å². The van der Waals surface area contributed by atoms with Gasteiger partial charge in [-0.2, -0.15) is 0 Å². The van der Waals surface area contributed by atoms with Crippen molar-refractivity contribution in [3.63, 3.8) is 0 Å². The van der Waals surface area contributed by atoms with Crippen LogP contribution in [0.15, 0.2) is 6.07 Å². The molecule has 0 saturated carbocycles. The molecule has 1 unspecified atom stereocenters. The van der Waals surface area contributed by atoms with Gasteiger partial charge < -0.3 is 10.6 Å². The van der Waals surface area contributed by atoms with Crippen molar-refractivity contribution in [2.45, 2.75) is 71.5 Å². The summed E-state index contributed by atoms with van der Waals surface area (Å²) in [5.41, 5.74) is 1.53. The number of nitrogens with one attached hydrogen (secondary N) is 2. The van der Waals surface area contributed by atoms with E-state index in [4.69, 9.17) is 0 Å². The fourth-order valence-electron chi connectivity index (χ4n) is 2.64. The minimum atomic E-state index is -0.132. The predicted octanol–water partition coefficient (Wildman–Crippen LogP) is 3.02. The van der Waals surface area contributed by atoms with Crippen LogP contribution in [0.1, 0.15) is 55.4 Å². The van der Waals surface area contributed by atoms with Gasteiger partial charge >= 0.3 is 0 Å². The van der Waals surface area contributed by atoms with Gasteiger partial charge in [0.05, 0.1) is 6.04 Å². The minimum Gasteiger partial charge on any atom is -0.352 e. The Labute approximate surface area is 126 Å². The van der Waals surface area contributed by atoms with Gasteiger partial charge in [0.25, 0.3) is 0 Å². The Bertz CT molecular complexity index is 430. The summed E-state index contributed by atoms with van der Waals surface area (Å²) in [6.45, 7) is 6.97. The van der Waals surface area contributed by atoms with Crippen LogP contribution in [0.25, 0.3) is 0 Å². The average molecular weight is 294 g/mol. The van der Waals surface area contributed by atoms with Crippen LogP contribution < -0.4 is 10.6 Å². The molecule has 0 aromatic carbocycles. The highest BCUT2D eigenvalue weighted by molar-refractivity contribution is 7.12. The summed E-state index contributed by atoms with van der Waals surface area (Å²) in [6, 6.07) is 2.48. The number of hydrogen-bond donors (Lipinski definition) is 2.